The molecular formula is C51H31N3S. The average molecular weight is 749 g/mol. The summed E-state index contributed by atoms with van der Waals surface area (Å²) in [5.74, 6) is -2.78. The monoisotopic (exact) mass is 748 g/mol. The molecule has 4 heteroatoms. The fraction of sp³-hybridized carbons (Fsp3) is 0. The average Bonchev–Trinajstić information content (AvgIpc) is 0.818. The van der Waals surface area contributed by atoms with Crippen molar-refractivity contribution in [1.82, 2.24) is 15.0 Å². The molecule has 0 bridgehead atoms. The lowest BCUT2D eigenvalue weighted by Gasteiger charge is -2.14. The van der Waals surface area contributed by atoms with Crippen LogP contribution in [-0.4, -0.2) is 15.0 Å². The van der Waals surface area contributed by atoms with Gasteiger partial charge in [-0.1, -0.05) is 175 Å². The van der Waals surface area contributed by atoms with Gasteiger partial charge in [-0.3, -0.25) is 0 Å². The highest BCUT2D eigenvalue weighted by atomic mass is 32.1. The summed E-state index contributed by atoms with van der Waals surface area (Å²) in [7, 11) is 0. The molecule has 0 saturated heterocycles. The van der Waals surface area contributed by atoms with Crippen LogP contribution in [0.4, 0.5) is 0 Å². The lowest BCUT2D eigenvalue weighted by Crippen LogP contribution is -2.00. The molecule has 0 amide bonds. The quantitative estimate of drug-likeness (QED) is 0.130. The second kappa shape index (κ2) is 12.8. The van der Waals surface area contributed by atoms with Crippen LogP contribution in [0.3, 0.4) is 0 Å². The van der Waals surface area contributed by atoms with Gasteiger partial charge >= 0.3 is 0 Å². The number of nitrogens with zero attached hydrogens (tertiary/aromatic N) is 3. The van der Waals surface area contributed by atoms with Crippen molar-refractivity contribution < 1.29 is 42.5 Å². The van der Waals surface area contributed by atoms with Crippen LogP contribution in [0.5, 0.6) is 0 Å². The molecule has 0 spiro atoms. The van der Waals surface area contributed by atoms with Crippen LogP contribution in [0.2, 0.25) is 0 Å². The van der Waals surface area contributed by atoms with Crippen molar-refractivity contribution in [3.63, 3.8) is 0 Å². The topological polar surface area (TPSA) is 38.7 Å². The summed E-state index contributed by atoms with van der Waals surface area (Å²) in [4.78, 5) is 12.9. The van der Waals surface area contributed by atoms with Crippen LogP contribution in [0, 0.1) is 0 Å². The third-order valence-corrected chi connectivity index (χ3v) is 9.55. The van der Waals surface area contributed by atoms with Crippen molar-refractivity contribution in [3.8, 4) is 56.4 Å². The van der Waals surface area contributed by atoms with Gasteiger partial charge in [-0.2, -0.15) is 0 Å². The standard InChI is InChI=1S/C51H31N3S/c1-2-12-35(13-3-1)49-52-50(36-25-21-33(22-26-36)41-18-10-19-44-42-17-8-9-20-46(42)55-48(41)44)54-51(53-49)37-27-23-34(24-28-37)47-40-16-7-5-14-38(40)31-45-39-15-6-4-11-32(39)29-30-43(45)47/h1-31H/i1D,2D,3D,4D,5D,6D,7D,8D,9D,10D,11D,12D,13D,14D,15D,16D,17D,18D,19D,20D,21D,22D,23D,24D,25D,26D,27D,28D,29D,30D,31D. The molecule has 0 atom stereocenters. The molecule has 0 unspecified atom stereocenters. The van der Waals surface area contributed by atoms with Gasteiger partial charge in [0.25, 0.3) is 0 Å². The zero-order valence-electron chi connectivity index (χ0n) is 58.2. The summed E-state index contributed by atoms with van der Waals surface area (Å²) in [5, 5.41) is -4.17. The highest BCUT2D eigenvalue weighted by Crippen LogP contribution is 2.41. The van der Waals surface area contributed by atoms with E-state index in [0.717, 1.165) is 0 Å². The zero-order valence-corrected chi connectivity index (χ0v) is 28.1. The van der Waals surface area contributed by atoms with Crippen LogP contribution in [-0.2, 0) is 0 Å². The van der Waals surface area contributed by atoms with Gasteiger partial charge in [0.15, 0.2) is 17.5 Å². The molecular weight excluding hydrogens is 687 g/mol. The predicted molar refractivity (Wildman–Crippen MR) is 232 cm³/mol. The third-order valence-electron chi connectivity index (χ3n) is 8.43. The van der Waals surface area contributed by atoms with Crippen LogP contribution >= 0.6 is 11.3 Å². The van der Waals surface area contributed by atoms with Crippen molar-refractivity contribution in [1.29, 1.82) is 0 Å². The fourth-order valence-electron chi connectivity index (χ4n) is 5.99. The van der Waals surface area contributed by atoms with Gasteiger partial charge in [0.1, 0.15) is 0 Å². The summed E-state index contributed by atoms with van der Waals surface area (Å²) in [6, 6.07) is -27.6. The third kappa shape index (κ3) is 5.38. The first-order valence-electron chi connectivity index (χ1n) is 31.5. The molecule has 0 aliphatic heterocycles. The predicted octanol–water partition coefficient (Wildman–Crippen LogP) is 14.0. The second-order valence-electron chi connectivity index (χ2n) is 11.6. The Labute approximate surface area is 365 Å². The van der Waals surface area contributed by atoms with E-state index in [1.165, 1.54) is 0 Å². The normalized spacial score (nSPS) is 19.5. The van der Waals surface area contributed by atoms with E-state index in [9.17, 15) is 13.7 Å². The van der Waals surface area contributed by atoms with Gasteiger partial charge in [-0.15, -0.1) is 11.3 Å². The first-order chi connectivity index (χ1) is 40.2. The minimum absolute atomic E-state index is 0.117. The first-order valence-corrected chi connectivity index (χ1v) is 16.8. The minimum atomic E-state index is -1.13. The molecule has 55 heavy (non-hydrogen) atoms. The Bertz CT molecular complexity index is 4990. The van der Waals surface area contributed by atoms with Gasteiger partial charge in [-0.25, -0.2) is 15.0 Å². The molecule has 9 aromatic carbocycles. The van der Waals surface area contributed by atoms with E-state index in [-0.39, 0.29) is 20.2 Å². The summed E-state index contributed by atoms with van der Waals surface area (Å²) in [6.45, 7) is 0. The van der Waals surface area contributed by atoms with E-state index >= 15 is 0 Å². The van der Waals surface area contributed by atoms with E-state index in [4.69, 9.17) is 28.8 Å². The maximum absolute atomic E-state index is 9.66. The van der Waals surface area contributed by atoms with Crippen LogP contribution in [0.1, 0.15) is 42.5 Å². The van der Waals surface area contributed by atoms with E-state index < -0.39 is 276 Å². The van der Waals surface area contributed by atoms with Crippen molar-refractivity contribution in [2.75, 3.05) is 0 Å². The summed E-state index contributed by atoms with van der Waals surface area (Å²) < 4.78 is 277. The molecule has 0 aliphatic rings. The van der Waals surface area contributed by atoms with Crippen molar-refractivity contribution in [3.05, 3.63) is 187 Å². The molecule has 0 fully saturated rings. The van der Waals surface area contributed by atoms with Gasteiger partial charge in [0.05, 0.1) is 42.5 Å². The van der Waals surface area contributed by atoms with Crippen LogP contribution < -0.4 is 0 Å². The molecule has 0 aliphatic carbocycles. The number of benzene rings is 9. The van der Waals surface area contributed by atoms with Crippen molar-refractivity contribution >= 4 is 63.8 Å². The summed E-state index contributed by atoms with van der Waals surface area (Å²) >= 11 is 0.641. The second-order valence-corrected chi connectivity index (χ2v) is 12.6. The fourth-order valence-corrected chi connectivity index (χ4v) is 7.06. The molecule has 2 heterocycles. The maximum atomic E-state index is 9.66. The minimum Gasteiger partial charge on any atom is -0.208 e. The summed E-state index contributed by atoms with van der Waals surface area (Å²) in [6.07, 6.45) is 0. The molecule has 0 radical (unpaired) electrons. The lowest BCUT2D eigenvalue weighted by molar-refractivity contribution is 1.07. The van der Waals surface area contributed by atoms with Gasteiger partial charge < -0.3 is 0 Å². The van der Waals surface area contributed by atoms with Gasteiger partial charge in [-0.05, 0) is 66.7 Å². The Morgan fingerprint density at radius 2 is 0.891 bits per heavy atom. The number of hydrogen-bond donors (Lipinski definition) is 0. The molecule has 2 aromatic heterocycles. The van der Waals surface area contributed by atoms with Gasteiger partial charge in [0.2, 0.25) is 0 Å². The van der Waals surface area contributed by atoms with E-state index in [1.54, 1.807) is 0 Å². The number of hydrogen-bond acceptors (Lipinski definition) is 4. The van der Waals surface area contributed by atoms with E-state index in [2.05, 4.69) is 15.0 Å². The molecule has 3 nitrogen and oxygen atoms in total. The SMILES string of the molecule is [2H]c1c([2H])c([2H])c(-c2nc(-c3c([2H])c([2H])c(-c4c([2H])c([2H])c([2H])c5c4sc4c([2H])c([2H])c([2H])c([2H])c45)c([2H])c3[2H])nc(-c3c([2H])c([2H])c(-c4c5c([2H])c([2H])c([2H])c([2H])c5c([2H])c5c4c([2H])c([2H])c4c([2H])c([2H])c([2H])c([2H])c45)c([2H])c3[2H])n2)c([2H])c1[2H]. The van der Waals surface area contributed by atoms with E-state index in [0.29, 0.717) is 11.3 Å². The zero-order chi connectivity index (χ0) is 63.3. The molecule has 0 N–H and O–H groups in total. The molecule has 0 saturated carbocycles. The van der Waals surface area contributed by atoms with Crippen molar-refractivity contribution in [2.24, 2.45) is 0 Å². The van der Waals surface area contributed by atoms with Crippen LogP contribution in [0.15, 0.2) is 187 Å². The highest BCUT2D eigenvalue weighted by Gasteiger charge is 2.16. The highest BCUT2D eigenvalue weighted by molar-refractivity contribution is 7.26. The number of rotatable bonds is 5. The Balaban J connectivity index is 1.25. The molecule has 256 valence electrons. The Morgan fingerprint density at radius 1 is 0.345 bits per heavy atom. The smallest absolute Gasteiger partial charge is 0.164 e. The molecule has 11 rings (SSSR count). The maximum Gasteiger partial charge on any atom is 0.164 e. The molecule has 11 aromatic rings. The first kappa shape index (κ1) is 13.4. The number of aromatic nitrogens is 3. The number of thiophene rings is 1. The summed E-state index contributed by atoms with van der Waals surface area (Å²) in [5.41, 5.74) is -5.28. The Hall–Kier alpha value is -7.01. The van der Waals surface area contributed by atoms with Crippen LogP contribution in [0.25, 0.3) is 109 Å². The lowest BCUT2D eigenvalue weighted by atomic mass is 9.89. The van der Waals surface area contributed by atoms with Crippen molar-refractivity contribution in [2.45, 2.75) is 0 Å². The van der Waals surface area contributed by atoms with Gasteiger partial charge in [0, 0.05) is 36.9 Å². The largest absolute Gasteiger partial charge is 0.208 e. The Morgan fingerprint density at radius 3 is 1.62 bits per heavy atom. The Kier molecular flexibility index (Phi) is 3.12. The number of fused-ring (bicyclic) bond motifs is 7. The van der Waals surface area contributed by atoms with E-state index in [1.807, 2.05) is 0 Å².